The fourth-order valence-electron chi connectivity index (χ4n) is 3.30. The molecule has 168 valence electrons. The minimum Gasteiger partial charge on any atom is -0.340 e. The van der Waals surface area contributed by atoms with Crippen molar-refractivity contribution >= 4 is 5.91 Å². The Balaban J connectivity index is 1.59. The monoisotopic (exact) mass is 451 g/mol. The van der Waals surface area contributed by atoms with Gasteiger partial charge in [0.15, 0.2) is 0 Å². The molecule has 1 aromatic heterocycles. The third-order valence-electron chi connectivity index (χ3n) is 5.11. The maximum Gasteiger partial charge on any atom is 0.416 e. The summed E-state index contributed by atoms with van der Waals surface area (Å²) >= 11 is 0. The Labute approximate surface area is 188 Å². The van der Waals surface area contributed by atoms with E-state index in [-0.39, 0.29) is 11.5 Å². The molecule has 0 aliphatic heterocycles. The summed E-state index contributed by atoms with van der Waals surface area (Å²) in [6.45, 7) is 1.97. The van der Waals surface area contributed by atoms with Gasteiger partial charge in [0.05, 0.1) is 5.56 Å². The number of aryl methyl sites for hydroxylation is 1. The normalized spacial score (nSPS) is 12.4. The molecule has 0 saturated carbocycles. The molecule has 0 radical (unpaired) electrons. The van der Waals surface area contributed by atoms with Crippen LogP contribution in [0.15, 0.2) is 83.4 Å². The van der Waals surface area contributed by atoms with E-state index >= 15 is 0 Å². The van der Waals surface area contributed by atoms with Gasteiger partial charge >= 0.3 is 6.18 Å². The highest BCUT2D eigenvalue weighted by molar-refractivity contribution is 5.94. The number of hydrogen-bond acceptors (Lipinski definition) is 4. The number of carbonyl (C=O) groups is 1. The maximum absolute atomic E-state index is 12.8. The van der Waals surface area contributed by atoms with E-state index in [1.807, 2.05) is 61.5 Å². The van der Waals surface area contributed by atoms with Gasteiger partial charge in [-0.15, -0.1) is 0 Å². The van der Waals surface area contributed by atoms with Crippen LogP contribution in [0.25, 0.3) is 11.4 Å². The average molecular weight is 451 g/mol. The van der Waals surface area contributed by atoms with E-state index in [0.29, 0.717) is 12.2 Å². The molecule has 0 aliphatic rings. The van der Waals surface area contributed by atoms with Crippen LogP contribution in [-0.2, 0) is 12.6 Å². The van der Waals surface area contributed by atoms with E-state index < -0.39 is 23.7 Å². The van der Waals surface area contributed by atoms with Gasteiger partial charge in [-0.2, -0.15) is 18.2 Å². The molecule has 0 unspecified atom stereocenters. The highest BCUT2D eigenvalue weighted by Gasteiger charge is 2.30. The molecule has 1 amide bonds. The Bertz CT molecular complexity index is 1220. The zero-order chi connectivity index (χ0) is 23.4. The van der Waals surface area contributed by atoms with E-state index in [4.69, 9.17) is 4.52 Å². The first-order valence-corrected chi connectivity index (χ1v) is 10.2. The molecule has 33 heavy (non-hydrogen) atoms. The molecule has 1 heterocycles. The minimum atomic E-state index is -4.47. The van der Waals surface area contributed by atoms with Gasteiger partial charge in [0.2, 0.25) is 11.7 Å². The zero-order valence-electron chi connectivity index (χ0n) is 17.6. The lowest BCUT2D eigenvalue weighted by molar-refractivity contribution is -0.137. The van der Waals surface area contributed by atoms with Crippen LogP contribution in [0.5, 0.6) is 0 Å². The fourth-order valence-corrected chi connectivity index (χ4v) is 3.30. The van der Waals surface area contributed by atoms with Crippen LogP contribution in [0.3, 0.4) is 0 Å². The first kappa shape index (κ1) is 22.3. The van der Waals surface area contributed by atoms with Crippen LogP contribution < -0.4 is 5.32 Å². The van der Waals surface area contributed by atoms with Gasteiger partial charge in [0, 0.05) is 17.5 Å². The van der Waals surface area contributed by atoms with Crippen molar-refractivity contribution in [1.82, 2.24) is 15.5 Å². The molecule has 1 atom stereocenters. The number of nitrogens with one attached hydrogen (secondary N) is 1. The van der Waals surface area contributed by atoms with Crippen molar-refractivity contribution in [3.63, 3.8) is 0 Å². The molecule has 0 spiro atoms. The highest BCUT2D eigenvalue weighted by Crippen LogP contribution is 2.29. The largest absolute Gasteiger partial charge is 0.416 e. The quantitative estimate of drug-likeness (QED) is 0.404. The van der Waals surface area contributed by atoms with Crippen molar-refractivity contribution in [2.24, 2.45) is 0 Å². The molecular weight excluding hydrogens is 431 g/mol. The number of rotatable bonds is 6. The third-order valence-corrected chi connectivity index (χ3v) is 5.11. The molecule has 4 aromatic rings. The Hall–Kier alpha value is -3.94. The Morgan fingerprint density at radius 3 is 2.27 bits per heavy atom. The molecule has 8 heteroatoms. The molecule has 0 fully saturated rings. The second-order valence-electron chi connectivity index (χ2n) is 7.61. The topological polar surface area (TPSA) is 68.0 Å². The number of benzene rings is 3. The Morgan fingerprint density at radius 1 is 0.970 bits per heavy atom. The first-order valence-electron chi connectivity index (χ1n) is 10.2. The fraction of sp³-hybridized carbons (Fsp3) is 0.160. The van der Waals surface area contributed by atoms with Crippen LogP contribution in [0.2, 0.25) is 0 Å². The summed E-state index contributed by atoms with van der Waals surface area (Å²) < 4.78 is 44.0. The predicted octanol–water partition coefficient (Wildman–Crippen LogP) is 5.78. The number of aromatic nitrogens is 2. The lowest BCUT2D eigenvalue weighted by Gasteiger charge is -2.16. The number of carbonyl (C=O) groups excluding carboxylic acids is 1. The van der Waals surface area contributed by atoms with Crippen molar-refractivity contribution < 1.29 is 22.5 Å². The van der Waals surface area contributed by atoms with Crippen LogP contribution >= 0.6 is 0 Å². The number of hydrogen-bond donors (Lipinski definition) is 1. The van der Waals surface area contributed by atoms with Crippen molar-refractivity contribution in [1.29, 1.82) is 0 Å². The summed E-state index contributed by atoms with van der Waals surface area (Å²) in [7, 11) is 0. The average Bonchev–Trinajstić information content (AvgIpc) is 3.29. The van der Waals surface area contributed by atoms with Crippen LogP contribution in [0.4, 0.5) is 13.2 Å². The zero-order valence-corrected chi connectivity index (χ0v) is 17.6. The Kier molecular flexibility index (Phi) is 6.26. The summed E-state index contributed by atoms with van der Waals surface area (Å²) in [6.07, 6.45) is -4.11. The number of nitrogens with zero attached hydrogens (tertiary/aromatic N) is 2. The highest BCUT2D eigenvalue weighted by atomic mass is 19.4. The van der Waals surface area contributed by atoms with Crippen molar-refractivity contribution in [3.8, 4) is 11.4 Å². The van der Waals surface area contributed by atoms with Crippen molar-refractivity contribution in [3.05, 3.63) is 107 Å². The van der Waals surface area contributed by atoms with E-state index in [2.05, 4.69) is 15.5 Å². The minimum absolute atomic E-state index is 0.0966. The van der Waals surface area contributed by atoms with E-state index in [9.17, 15) is 18.0 Å². The summed E-state index contributed by atoms with van der Waals surface area (Å²) in [5.74, 6) is 0.0428. The van der Waals surface area contributed by atoms with E-state index in [1.54, 1.807) is 0 Å². The molecule has 1 N–H and O–H groups in total. The van der Waals surface area contributed by atoms with Gasteiger partial charge in [-0.25, -0.2) is 0 Å². The predicted molar refractivity (Wildman–Crippen MR) is 116 cm³/mol. The SMILES string of the molecule is Cc1ccc(-c2noc([C@@H](Cc3ccccc3)NC(=O)c3ccc(C(F)(F)F)cc3)n2)cc1. The Morgan fingerprint density at radius 2 is 1.64 bits per heavy atom. The summed E-state index contributed by atoms with van der Waals surface area (Å²) in [6, 6.07) is 20.4. The second-order valence-corrected chi connectivity index (χ2v) is 7.61. The van der Waals surface area contributed by atoms with Crippen LogP contribution in [0, 0.1) is 6.92 Å². The molecule has 4 rings (SSSR count). The molecule has 0 saturated heterocycles. The van der Waals surface area contributed by atoms with Gasteiger partial charge in [-0.1, -0.05) is 65.3 Å². The maximum atomic E-state index is 12.8. The standard InChI is InChI=1S/C25H20F3N3O2/c1-16-7-9-18(10-8-16)22-30-24(33-31-22)21(15-17-5-3-2-4-6-17)29-23(32)19-11-13-20(14-12-19)25(26,27)28/h2-14,21H,15H2,1H3,(H,29,32)/t21-/m1/s1. The van der Waals surface area contributed by atoms with Gasteiger partial charge < -0.3 is 9.84 Å². The van der Waals surface area contributed by atoms with E-state index in [0.717, 1.165) is 41.0 Å². The summed E-state index contributed by atoms with van der Waals surface area (Å²) in [4.78, 5) is 17.3. The third kappa shape index (κ3) is 5.46. The number of halogens is 3. The van der Waals surface area contributed by atoms with E-state index in [1.165, 1.54) is 0 Å². The lowest BCUT2D eigenvalue weighted by atomic mass is 10.0. The van der Waals surface area contributed by atoms with Crippen molar-refractivity contribution in [2.75, 3.05) is 0 Å². The first-order chi connectivity index (χ1) is 15.8. The van der Waals surface area contributed by atoms with Gasteiger partial charge in [0.25, 0.3) is 5.91 Å². The van der Waals surface area contributed by atoms with Crippen LogP contribution in [-0.4, -0.2) is 16.0 Å². The van der Waals surface area contributed by atoms with Gasteiger partial charge in [-0.3, -0.25) is 4.79 Å². The summed E-state index contributed by atoms with van der Waals surface area (Å²) in [5, 5.41) is 6.85. The molecule has 0 aliphatic carbocycles. The van der Waals surface area contributed by atoms with Gasteiger partial charge in [-0.05, 0) is 36.8 Å². The molecule has 5 nitrogen and oxygen atoms in total. The molecule has 3 aromatic carbocycles. The molecule has 0 bridgehead atoms. The molecular formula is C25H20F3N3O2. The second kappa shape index (κ2) is 9.28. The smallest absolute Gasteiger partial charge is 0.340 e. The van der Waals surface area contributed by atoms with Gasteiger partial charge in [0.1, 0.15) is 6.04 Å². The van der Waals surface area contributed by atoms with Crippen LogP contribution in [0.1, 0.15) is 39.0 Å². The summed E-state index contributed by atoms with van der Waals surface area (Å²) in [5.41, 5.74) is 2.06. The lowest BCUT2D eigenvalue weighted by Crippen LogP contribution is -2.30. The van der Waals surface area contributed by atoms with Crippen molar-refractivity contribution in [2.45, 2.75) is 25.6 Å². The number of amides is 1. The number of alkyl halides is 3.